The van der Waals surface area contributed by atoms with E-state index in [0.717, 1.165) is 19.5 Å². The molecule has 1 aliphatic rings. The Morgan fingerprint density at radius 3 is 2.53 bits per heavy atom. The van der Waals surface area contributed by atoms with Crippen LogP contribution in [0, 0.1) is 0 Å². The van der Waals surface area contributed by atoms with Crippen molar-refractivity contribution in [3.05, 3.63) is 35.9 Å². The van der Waals surface area contributed by atoms with Crippen LogP contribution in [0.2, 0.25) is 0 Å². The van der Waals surface area contributed by atoms with Gasteiger partial charge in [-0.1, -0.05) is 37.3 Å². The average Bonchev–Trinajstić information content (AvgIpc) is 2.47. The Kier molecular flexibility index (Phi) is 5.83. The van der Waals surface area contributed by atoms with Crippen LogP contribution in [0.15, 0.2) is 30.3 Å². The smallest absolute Gasteiger partial charge is 0.0233 e. The topological polar surface area (TPSA) is 41.3 Å². The first-order valence-electron chi connectivity index (χ1n) is 7.54. The third-order valence-corrected chi connectivity index (χ3v) is 4.09. The van der Waals surface area contributed by atoms with Crippen LogP contribution >= 0.6 is 0 Å². The Morgan fingerprint density at radius 2 is 1.95 bits per heavy atom. The standard InChI is InChI=1S/C16H27N3/c1-2-15(12-17)18-16-8-10-19(11-9-16)13-14-6-4-3-5-7-14/h3-7,15-16,18H,2,8-13,17H2,1H3. The van der Waals surface area contributed by atoms with Crippen LogP contribution < -0.4 is 11.1 Å². The minimum absolute atomic E-state index is 0.491. The highest BCUT2D eigenvalue weighted by molar-refractivity contribution is 5.14. The first kappa shape index (κ1) is 14.5. The predicted molar refractivity (Wildman–Crippen MR) is 81.0 cm³/mol. The molecule has 1 aliphatic heterocycles. The molecule has 0 saturated carbocycles. The number of hydrogen-bond acceptors (Lipinski definition) is 3. The summed E-state index contributed by atoms with van der Waals surface area (Å²) in [6, 6.07) is 11.9. The molecule has 0 spiro atoms. The number of piperidine rings is 1. The quantitative estimate of drug-likeness (QED) is 0.823. The Balaban J connectivity index is 1.73. The maximum absolute atomic E-state index is 5.76. The zero-order chi connectivity index (χ0) is 13.5. The molecule has 0 radical (unpaired) electrons. The summed E-state index contributed by atoms with van der Waals surface area (Å²) in [5.74, 6) is 0. The third kappa shape index (κ3) is 4.60. The van der Waals surface area contributed by atoms with Crippen LogP contribution in [0.3, 0.4) is 0 Å². The van der Waals surface area contributed by atoms with Gasteiger partial charge >= 0.3 is 0 Å². The van der Waals surface area contributed by atoms with E-state index in [-0.39, 0.29) is 0 Å². The van der Waals surface area contributed by atoms with Gasteiger partial charge in [-0.15, -0.1) is 0 Å². The average molecular weight is 261 g/mol. The van der Waals surface area contributed by atoms with Crippen LogP contribution in [0.4, 0.5) is 0 Å². The fourth-order valence-corrected chi connectivity index (χ4v) is 2.79. The fraction of sp³-hybridized carbons (Fsp3) is 0.625. The highest BCUT2D eigenvalue weighted by Crippen LogP contribution is 2.14. The summed E-state index contributed by atoms with van der Waals surface area (Å²) in [7, 11) is 0. The normalized spacial score (nSPS) is 19.5. The van der Waals surface area contributed by atoms with Crippen molar-refractivity contribution in [2.24, 2.45) is 5.73 Å². The summed E-state index contributed by atoms with van der Waals surface area (Å²) in [5.41, 5.74) is 7.18. The number of nitrogens with zero attached hydrogens (tertiary/aromatic N) is 1. The monoisotopic (exact) mass is 261 g/mol. The van der Waals surface area contributed by atoms with Crippen molar-refractivity contribution in [1.82, 2.24) is 10.2 Å². The molecule has 0 aliphatic carbocycles. The highest BCUT2D eigenvalue weighted by Gasteiger charge is 2.20. The molecule has 1 aromatic rings. The van der Waals surface area contributed by atoms with E-state index in [0.29, 0.717) is 12.1 Å². The van der Waals surface area contributed by atoms with E-state index in [2.05, 4.69) is 47.5 Å². The molecule has 1 atom stereocenters. The minimum Gasteiger partial charge on any atom is -0.329 e. The summed E-state index contributed by atoms with van der Waals surface area (Å²) < 4.78 is 0. The van der Waals surface area contributed by atoms with E-state index in [1.807, 2.05) is 0 Å². The first-order chi connectivity index (χ1) is 9.31. The van der Waals surface area contributed by atoms with Gasteiger partial charge in [-0.25, -0.2) is 0 Å². The second kappa shape index (κ2) is 7.63. The van der Waals surface area contributed by atoms with Gasteiger partial charge in [0.1, 0.15) is 0 Å². The van der Waals surface area contributed by atoms with Crippen LogP contribution in [0.1, 0.15) is 31.7 Å². The van der Waals surface area contributed by atoms with Crippen molar-refractivity contribution in [1.29, 1.82) is 0 Å². The van der Waals surface area contributed by atoms with Gasteiger partial charge in [-0.05, 0) is 37.9 Å². The van der Waals surface area contributed by atoms with Gasteiger partial charge in [0.05, 0.1) is 0 Å². The minimum atomic E-state index is 0.491. The molecular formula is C16H27N3. The molecule has 1 heterocycles. The molecule has 1 aromatic carbocycles. The van der Waals surface area contributed by atoms with Crippen LogP contribution in [-0.2, 0) is 6.54 Å². The van der Waals surface area contributed by atoms with Gasteiger partial charge < -0.3 is 11.1 Å². The second-order valence-electron chi connectivity index (χ2n) is 5.54. The van der Waals surface area contributed by atoms with Gasteiger partial charge in [0.2, 0.25) is 0 Å². The number of likely N-dealkylation sites (tertiary alicyclic amines) is 1. The molecule has 0 aromatic heterocycles. The lowest BCUT2D eigenvalue weighted by atomic mass is 10.0. The van der Waals surface area contributed by atoms with Crippen LogP contribution in [0.25, 0.3) is 0 Å². The Morgan fingerprint density at radius 1 is 1.26 bits per heavy atom. The molecule has 1 unspecified atom stereocenters. The maximum atomic E-state index is 5.76. The zero-order valence-electron chi connectivity index (χ0n) is 12.0. The molecular weight excluding hydrogens is 234 g/mol. The molecule has 0 bridgehead atoms. The molecule has 19 heavy (non-hydrogen) atoms. The highest BCUT2D eigenvalue weighted by atomic mass is 15.1. The maximum Gasteiger partial charge on any atom is 0.0233 e. The molecule has 106 valence electrons. The summed E-state index contributed by atoms with van der Waals surface area (Å²) in [4.78, 5) is 2.55. The zero-order valence-corrected chi connectivity index (χ0v) is 12.0. The predicted octanol–water partition coefficient (Wildman–Crippen LogP) is 1.98. The van der Waals surface area contributed by atoms with Crippen molar-refractivity contribution in [2.45, 2.75) is 44.8 Å². The van der Waals surface area contributed by atoms with E-state index in [1.54, 1.807) is 0 Å². The number of nitrogens with one attached hydrogen (secondary N) is 1. The number of benzene rings is 1. The summed E-state index contributed by atoms with van der Waals surface area (Å²) in [6.45, 7) is 6.42. The van der Waals surface area contributed by atoms with Gasteiger partial charge in [0, 0.05) is 25.2 Å². The number of hydrogen-bond donors (Lipinski definition) is 2. The number of nitrogens with two attached hydrogens (primary N) is 1. The first-order valence-corrected chi connectivity index (χ1v) is 7.54. The lowest BCUT2D eigenvalue weighted by Crippen LogP contribution is -2.48. The molecule has 3 nitrogen and oxygen atoms in total. The molecule has 2 rings (SSSR count). The second-order valence-corrected chi connectivity index (χ2v) is 5.54. The van der Waals surface area contributed by atoms with E-state index in [1.165, 1.54) is 31.5 Å². The van der Waals surface area contributed by atoms with Crippen molar-refractivity contribution in [3.63, 3.8) is 0 Å². The molecule has 1 fully saturated rings. The van der Waals surface area contributed by atoms with Crippen LogP contribution in [0.5, 0.6) is 0 Å². The Hall–Kier alpha value is -0.900. The summed E-state index contributed by atoms with van der Waals surface area (Å²) in [5, 5.41) is 3.69. The van der Waals surface area contributed by atoms with E-state index < -0.39 is 0 Å². The SMILES string of the molecule is CCC(CN)NC1CCN(Cc2ccccc2)CC1. The van der Waals surface area contributed by atoms with Gasteiger partial charge in [-0.3, -0.25) is 4.90 Å². The summed E-state index contributed by atoms with van der Waals surface area (Å²) >= 11 is 0. The van der Waals surface area contributed by atoms with Gasteiger partial charge in [0.15, 0.2) is 0 Å². The lowest BCUT2D eigenvalue weighted by Gasteiger charge is -2.34. The Labute approximate surface area is 117 Å². The lowest BCUT2D eigenvalue weighted by molar-refractivity contribution is 0.183. The van der Waals surface area contributed by atoms with E-state index in [9.17, 15) is 0 Å². The Bertz CT molecular complexity index is 340. The molecule has 3 N–H and O–H groups in total. The molecule has 3 heteroatoms. The van der Waals surface area contributed by atoms with Gasteiger partial charge in [0.25, 0.3) is 0 Å². The fourth-order valence-electron chi connectivity index (χ4n) is 2.79. The van der Waals surface area contributed by atoms with Crippen molar-refractivity contribution in [2.75, 3.05) is 19.6 Å². The third-order valence-electron chi connectivity index (χ3n) is 4.09. The van der Waals surface area contributed by atoms with Crippen LogP contribution in [-0.4, -0.2) is 36.6 Å². The van der Waals surface area contributed by atoms with Crippen molar-refractivity contribution >= 4 is 0 Å². The van der Waals surface area contributed by atoms with E-state index >= 15 is 0 Å². The van der Waals surface area contributed by atoms with Gasteiger partial charge in [-0.2, -0.15) is 0 Å². The molecule has 0 amide bonds. The van der Waals surface area contributed by atoms with E-state index in [4.69, 9.17) is 5.73 Å². The summed E-state index contributed by atoms with van der Waals surface area (Å²) in [6.07, 6.45) is 3.60. The van der Waals surface area contributed by atoms with Crippen molar-refractivity contribution < 1.29 is 0 Å². The number of rotatable bonds is 6. The largest absolute Gasteiger partial charge is 0.329 e. The molecule has 1 saturated heterocycles. The van der Waals surface area contributed by atoms with Crippen molar-refractivity contribution in [3.8, 4) is 0 Å².